The molecule has 1 amide bonds. The van der Waals surface area contributed by atoms with E-state index in [1.165, 1.54) is 31.9 Å². The molecule has 0 N–H and O–H groups in total. The summed E-state index contributed by atoms with van der Waals surface area (Å²) in [6.45, 7) is 5.44. The fourth-order valence-electron chi connectivity index (χ4n) is 3.30. The van der Waals surface area contributed by atoms with Gasteiger partial charge in [0.2, 0.25) is 0 Å². The molecule has 1 unspecified atom stereocenters. The zero-order valence-corrected chi connectivity index (χ0v) is 11.9. The Morgan fingerprint density at radius 2 is 2.10 bits per heavy atom. The van der Waals surface area contributed by atoms with Crippen molar-refractivity contribution >= 4 is 5.91 Å². The van der Waals surface area contributed by atoms with E-state index in [1.54, 1.807) is 19.1 Å². The SMILES string of the molecule is Cc1cc(C(=O)N2CCN3CCCCC3C2)ccc1F. The van der Waals surface area contributed by atoms with Crippen LogP contribution in [-0.4, -0.2) is 47.9 Å². The number of carbonyl (C=O) groups excluding carboxylic acids is 1. The molecule has 3 rings (SSSR count). The summed E-state index contributed by atoms with van der Waals surface area (Å²) in [6, 6.07) is 5.16. The van der Waals surface area contributed by atoms with E-state index in [0.29, 0.717) is 17.2 Å². The summed E-state index contributed by atoms with van der Waals surface area (Å²) in [5, 5.41) is 0. The van der Waals surface area contributed by atoms with Crippen molar-refractivity contribution in [3.63, 3.8) is 0 Å². The van der Waals surface area contributed by atoms with E-state index < -0.39 is 0 Å². The molecule has 0 aliphatic carbocycles. The first kappa shape index (κ1) is 13.6. The highest BCUT2D eigenvalue weighted by Crippen LogP contribution is 2.22. The molecular weight excluding hydrogens is 255 g/mol. The Balaban J connectivity index is 1.72. The number of amides is 1. The first-order valence-corrected chi connectivity index (χ1v) is 7.44. The fourth-order valence-corrected chi connectivity index (χ4v) is 3.30. The van der Waals surface area contributed by atoms with Crippen LogP contribution in [0.3, 0.4) is 0 Å². The minimum Gasteiger partial charge on any atom is -0.336 e. The van der Waals surface area contributed by atoms with Gasteiger partial charge in [0, 0.05) is 31.2 Å². The summed E-state index contributed by atoms with van der Waals surface area (Å²) < 4.78 is 13.3. The van der Waals surface area contributed by atoms with Crippen molar-refractivity contribution in [3.05, 3.63) is 35.1 Å². The number of rotatable bonds is 1. The summed E-state index contributed by atoms with van der Waals surface area (Å²) in [7, 11) is 0. The Hall–Kier alpha value is -1.42. The van der Waals surface area contributed by atoms with Crippen molar-refractivity contribution < 1.29 is 9.18 Å². The number of piperidine rings is 1. The van der Waals surface area contributed by atoms with Crippen molar-refractivity contribution in [1.29, 1.82) is 0 Å². The first-order chi connectivity index (χ1) is 9.65. The molecule has 108 valence electrons. The summed E-state index contributed by atoms with van der Waals surface area (Å²) in [5.41, 5.74) is 1.14. The van der Waals surface area contributed by atoms with Gasteiger partial charge >= 0.3 is 0 Å². The lowest BCUT2D eigenvalue weighted by molar-refractivity contribution is 0.0372. The van der Waals surface area contributed by atoms with Gasteiger partial charge in [-0.05, 0) is 50.1 Å². The maximum atomic E-state index is 13.3. The van der Waals surface area contributed by atoms with Crippen LogP contribution in [-0.2, 0) is 0 Å². The molecule has 2 saturated heterocycles. The van der Waals surface area contributed by atoms with Gasteiger partial charge in [-0.25, -0.2) is 4.39 Å². The third kappa shape index (κ3) is 2.57. The first-order valence-electron chi connectivity index (χ1n) is 7.44. The second-order valence-electron chi connectivity index (χ2n) is 5.90. The Morgan fingerprint density at radius 3 is 2.90 bits per heavy atom. The van der Waals surface area contributed by atoms with Gasteiger partial charge in [-0.15, -0.1) is 0 Å². The molecule has 0 spiro atoms. The van der Waals surface area contributed by atoms with E-state index in [4.69, 9.17) is 0 Å². The van der Waals surface area contributed by atoms with Crippen molar-refractivity contribution in [1.82, 2.24) is 9.80 Å². The van der Waals surface area contributed by atoms with Crippen LogP contribution in [0.5, 0.6) is 0 Å². The van der Waals surface area contributed by atoms with Crippen LogP contribution in [0.15, 0.2) is 18.2 Å². The number of carbonyl (C=O) groups is 1. The Labute approximate surface area is 119 Å². The molecule has 1 aromatic carbocycles. The summed E-state index contributed by atoms with van der Waals surface area (Å²) in [4.78, 5) is 17.0. The normalized spacial score (nSPS) is 23.5. The summed E-state index contributed by atoms with van der Waals surface area (Å²) >= 11 is 0. The van der Waals surface area contributed by atoms with Crippen molar-refractivity contribution in [2.45, 2.75) is 32.2 Å². The molecule has 2 heterocycles. The van der Waals surface area contributed by atoms with Gasteiger partial charge in [-0.2, -0.15) is 0 Å². The number of hydrogen-bond acceptors (Lipinski definition) is 2. The number of benzene rings is 1. The van der Waals surface area contributed by atoms with Gasteiger partial charge < -0.3 is 4.90 Å². The molecule has 3 nitrogen and oxygen atoms in total. The number of hydrogen-bond donors (Lipinski definition) is 0. The van der Waals surface area contributed by atoms with Crippen LogP contribution in [0.25, 0.3) is 0 Å². The smallest absolute Gasteiger partial charge is 0.253 e. The van der Waals surface area contributed by atoms with E-state index in [9.17, 15) is 9.18 Å². The molecule has 1 aromatic rings. The summed E-state index contributed by atoms with van der Waals surface area (Å²) in [5.74, 6) is -0.211. The van der Waals surface area contributed by atoms with E-state index in [-0.39, 0.29) is 11.7 Å². The third-order valence-corrected chi connectivity index (χ3v) is 4.53. The predicted molar refractivity (Wildman–Crippen MR) is 76.3 cm³/mol. The fraction of sp³-hybridized carbons (Fsp3) is 0.562. The van der Waals surface area contributed by atoms with Crippen LogP contribution in [0.1, 0.15) is 35.2 Å². The van der Waals surface area contributed by atoms with Crippen molar-refractivity contribution in [2.24, 2.45) is 0 Å². The van der Waals surface area contributed by atoms with Gasteiger partial charge in [-0.3, -0.25) is 9.69 Å². The van der Waals surface area contributed by atoms with E-state index in [2.05, 4.69) is 4.90 Å². The number of piperazine rings is 1. The molecular formula is C16H21FN2O. The lowest BCUT2D eigenvalue weighted by Crippen LogP contribution is -2.56. The Bertz CT molecular complexity index is 517. The van der Waals surface area contributed by atoms with Crippen LogP contribution in [0.2, 0.25) is 0 Å². The highest BCUT2D eigenvalue weighted by Gasteiger charge is 2.31. The van der Waals surface area contributed by atoms with Gasteiger partial charge in [0.05, 0.1) is 0 Å². The Kier molecular flexibility index (Phi) is 3.74. The van der Waals surface area contributed by atoms with Crippen LogP contribution in [0, 0.1) is 12.7 Å². The van der Waals surface area contributed by atoms with Gasteiger partial charge in [0.15, 0.2) is 0 Å². The monoisotopic (exact) mass is 276 g/mol. The maximum Gasteiger partial charge on any atom is 0.253 e. The minimum atomic E-state index is -0.251. The maximum absolute atomic E-state index is 13.3. The Morgan fingerprint density at radius 1 is 1.25 bits per heavy atom. The average molecular weight is 276 g/mol. The molecule has 20 heavy (non-hydrogen) atoms. The van der Waals surface area contributed by atoms with Crippen molar-refractivity contribution in [3.8, 4) is 0 Å². The number of aryl methyl sites for hydroxylation is 1. The number of nitrogens with zero attached hydrogens (tertiary/aromatic N) is 2. The van der Waals surface area contributed by atoms with E-state index in [1.807, 2.05) is 4.90 Å². The molecule has 0 aromatic heterocycles. The summed E-state index contributed by atoms with van der Waals surface area (Å²) in [6.07, 6.45) is 3.73. The molecule has 1 atom stereocenters. The molecule has 0 saturated carbocycles. The van der Waals surface area contributed by atoms with Crippen molar-refractivity contribution in [2.75, 3.05) is 26.2 Å². The van der Waals surface area contributed by atoms with E-state index >= 15 is 0 Å². The molecule has 2 aliphatic heterocycles. The largest absolute Gasteiger partial charge is 0.336 e. The van der Waals surface area contributed by atoms with Gasteiger partial charge in [-0.1, -0.05) is 6.42 Å². The number of halogens is 1. The molecule has 2 aliphatic rings. The average Bonchev–Trinajstić information content (AvgIpc) is 2.49. The van der Waals surface area contributed by atoms with Gasteiger partial charge in [0.1, 0.15) is 5.82 Å². The highest BCUT2D eigenvalue weighted by atomic mass is 19.1. The zero-order chi connectivity index (χ0) is 14.1. The van der Waals surface area contributed by atoms with Crippen LogP contribution < -0.4 is 0 Å². The van der Waals surface area contributed by atoms with Gasteiger partial charge in [0.25, 0.3) is 5.91 Å². The molecule has 0 bridgehead atoms. The lowest BCUT2D eigenvalue weighted by atomic mass is 9.99. The second-order valence-corrected chi connectivity index (χ2v) is 5.90. The van der Waals surface area contributed by atoms with Crippen LogP contribution in [0.4, 0.5) is 4.39 Å². The topological polar surface area (TPSA) is 23.6 Å². The van der Waals surface area contributed by atoms with Crippen LogP contribution >= 0.6 is 0 Å². The quantitative estimate of drug-likeness (QED) is 0.786. The highest BCUT2D eigenvalue weighted by molar-refractivity contribution is 5.94. The zero-order valence-electron chi connectivity index (χ0n) is 11.9. The van der Waals surface area contributed by atoms with E-state index in [0.717, 1.165) is 19.6 Å². The predicted octanol–water partition coefficient (Wildman–Crippen LogP) is 2.44. The standard InChI is InChI=1S/C16H21FN2O/c1-12-10-13(5-6-15(12)17)16(20)19-9-8-18-7-3-2-4-14(18)11-19/h5-6,10,14H,2-4,7-9,11H2,1H3. The molecule has 4 heteroatoms. The number of fused-ring (bicyclic) bond motifs is 1. The molecule has 2 fully saturated rings. The third-order valence-electron chi connectivity index (χ3n) is 4.53. The second kappa shape index (κ2) is 5.52. The lowest BCUT2D eigenvalue weighted by Gasteiger charge is -2.44. The molecule has 0 radical (unpaired) electrons. The minimum absolute atomic E-state index is 0.0401.